The second-order valence-corrected chi connectivity index (χ2v) is 5.18. The zero-order valence-electron chi connectivity index (χ0n) is 13.4. The largest absolute Gasteiger partial charge is 0.469 e. The van der Waals surface area contributed by atoms with Gasteiger partial charge in [-0.25, -0.2) is 0 Å². The highest BCUT2D eigenvalue weighted by atomic mass is 16.5. The Hall–Kier alpha value is -2.50. The second kappa shape index (κ2) is 9.50. The number of nitrogens with one attached hydrogen (secondary N) is 1. The molecular formula is C17H21NO5. The minimum Gasteiger partial charge on any atom is -0.469 e. The van der Waals surface area contributed by atoms with Crippen LogP contribution in [0.25, 0.3) is 0 Å². The predicted octanol–water partition coefficient (Wildman–Crippen LogP) is 1.60. The number of methoxy groups -OCH3 is 1. The molecule has 0 aliphatic heterocycles. The number of hydrogen-bond donors (Lipinski definition) is 1. The van der Waals surface area contributed by atoms with Gasteiger partial charge >= 0.3 is 5.97 Å². The van der Waals surface area contributed by atoms with Crippen LogP contribution in [0, 0.1) is 6.92 Å². The lowest BCUT2D eigenvalue weighted by Crippen LogP contribution is -2.30. The number of rotatable bonds is 9. The highest BCUT2D eigenvalue weighted by Gasteiger charge is 2.11. The summed E-state index contributed by atoms with van der Waals surface area (Å²) in [6, 6.07) is 7.14. The molecule has 0 saturated carbocycles. The third-order valence-corrected chi connectivity index (χ3v) is 3.27. The Morgan fingerprint density at radius 1 is 0.957 bits per heavy atom. The Bertz CT molecular complexity index is 577. The van der Waals surface area contributed by atoms with Gasteiger partial charge in [-0.2, -0.15) is 0 Å². The van der Waals surface area contributed by atoms with Gasteiger partial charge in [-0.1, -0.05) is 29.8 Å². The molecule has 1 N–H and O–H groups in total. The van der Waals surface area contributed by atoms with E-state index in [1.165, 1.54) is 7.11 Å². The van der Waals surface area contributed by atoms with Crippen molar-refractivity contribution in [2.45, 2.75) is 32.6 Å². The monoisotopic (exact) mass is 319 g/mol. The number of hydrogen-bond acceptors (Lipinski definition) is 5. The molecule has 0 saturated heterocycles. The first-order valence-electron chi connectivity index (χ1n) is 7.37. The number of ketones is 2. The molecule has 124 valence electrons. The molecule has 0 atom stereocenters. The van der Waals surface area contributed by atoms with Crippen LogP contribution in [0.2, 0.25) is 0 Å². The van der Waals surface area contributed by atoms with Gasteiger partial charge in [0.05, 0.1) is 20.1 Å². The van der Waals surface area contributed by atoms with Gasteiger partial charge in [0.15, 0.2) is 11.6 Å². The van der Waals surface area contributed by atoms with Crippen molar-refractivity contribution in [1.82, 2.24) is 5.32 Å². The van der Waals surface area contributed by atoms with E-state index in [1.54, 1.807) is 12.1 Å². The summed E-state index contributed by atoms with van der Waals surface area (Å²) in [6.45, 7) is 1.79. The smallest absolute Gasteiger partial charge is 0.305 e. The Kier molecular flexibility index (Phi) is 7.66. The molecular weight excluding hydrogens is 298 g/mol. The van der Waals surface area contributed by atoms with Crippen molar-refractivity contribution in [3.8, 4) is 0 Å². The molecule has 1 aromatic rings. The van der Waals surface area contributed by atoms with Crippen LogP contribution in [0.4, 0.5) is 0 Å². The van der Waals surface area contributed by atoms with Crippen LogP contribution in [0.1, 0.15) is 41.6 Å². The first-order chi connectivity index (χ1) is 10.9. The molecule has 1 aromatic carbocycles. The number of ether oxygens (including phenoxy) is 1. The number of benzene rings is 1. The van der Waals surface area contributed by atoms with Gasteiger partial charge in [0.25, 0.3) is 0 Å². The minimum atomic E-state index is -0.464. The highest BCUT2D eigenvalue weighted by Crippen LogP contribution is 2.07. The summed E-state index contributed by atoms with van der Waals surface area (Å²) in [6.07, 6.45) is 0.134. The van der Waals surface area contributed by atoms with Crippen LogP contribution < -0.4 is 5.32 Å². The summed E-state index contributed by atoms with van der Waals surface area (Å²) in [4.78, 5) is 45.9. The Labute approximate surface area is 135 Å². The molecule has 0 aliphatic rings. The zero-order chi connectivity index (χ0) is 17.2. The van der Waals surface area contributed by atoms with E-state index in [1.807, 2.05) is 19.1 Å². The second-order valence-electron chi connectivity index (χ2n) is 5.18. The van der Waals surface area contributed by atoms with Crippen molar-refractivity contribution in [2.24, 2.45) is 0 Å². The molecule has 1 rings (SSSR count). The minimum absolute atomic E-state index is 0.00286. The zero-order valence-corrected chi connectivity index (χ0v) is 13.4. The van der Waals surface area contributed by atoms with Gasteiger partial charge in [-0.05, 0) is 6.92 Å². The normalized spacial score (nSPS) is 10.0. The van der Waals surface area contributed by atoms with Crippen molar-refractivity contribution in [3.05, 3.63) is 35.4 Å². The maximum Gasteiger partial charge on any atom is 0.305 e. The van der Waals surface area contributed by atoms with Crippen molar-refractivity contribution >= 4 is 23.4 Å². The van der Waals surface area contributed by atoms with Crippen LogP contribution in [-0.4, -0.2) is 37.1 Å². The highest BCUT2D eigenvalue weighted by molar-refractivity contribution is 5.98. The maximum atomic E-state index is 11.9. The molecule has 6 heteroatoms. The van der Waals surface area contributed by atoms with Crippen LogP contribution >= 0.6 is 0 Å². The first-order valence-corrected chi connectivity index (χ1v) is 7.37. The molecule has 6 nitrogen and oxygen atoms in total. The molecule has 0 spiro atoms. The maximum absolute atomic E-state index is 11.9. The van der Waals surface area contributed by atoms with Crippen LogP contribution in [0.5, 0.6) is 0 Å². The van der Waals surface area contributed by atoms with Gasteiger partial charge in [-0.3, -0.25) is 19.2 Å². The van der Waals surface area contributed by atoms with Crippen LogP contribution in [0.3, 0.4) is 0 Å². The Balaban J connectivity index is 2.26. The third-order valence-electron chi connectivity index (χ3n) is 3.27. The fourth-order valence-electron chi connectivity index (χ4n) is 1.83. The lowest BCUT2D eigenvalue weighted by atomic mass is 10.0. The summed E-state index contributed by atoms with van der Waals surface area (Å²) >= 11 is 0. The Morgan fingerprint density at radius 3 is 2.22 bits per heavy atom. The number of esters is 1. The van der Waals surface area contributed by atoms with E-state index in [-0.39, 0.29) is 49.7 Å². The lowest BCUT2D eigenvalue weighted by Gasteiger charge is -2.05. The standard InChI is InChI=1S/C17H21NO5/c1-12-3-5-13(6-4-12)15(20)8-9-16(21)18-11-14(19)7-10-17(22)23-2/h3-6H,7-11H2,1-2H3,(H,18,21). The van der Waals surface area contributed by atoms with E-state index in [0.29, 0.717) is 5.56 Å². The van der Waals surface area contributed by atoms with Crippen LogP contribution in [0.15, 0.2) is 24.3 Å². The van der Waals surface area contributed by atoms with Crippen molar-refractivity contribution in [1.29, 1.82) is 0 Å². The number of aryl methyl sites for hydroxylation is 1. The van der Waals surface area contributed by atoms with Gasteiger partial charge in [0.2, 0.25) is 5.91 Å². The summed E-state index contributed by atoms with van der Waals surface area (Å²) in [5.74, 6) is -1.20. The molecule has 0 fully saturated rings. The summed E-state index contributed by atoms with van der Waals surface area (Å²) in [5.41, 5.74) is 1.63. The SMILES string of the molecule is COC(=O)CCC(=O)CNC(=O)CCC(=O)c1ccc(C)cc1. The number of carbonyl (C=O) groups is 4. The van der Waals surface area contributed by atoms with E-state index >= 15 is 0 Å². The van der Waals surface area contributed by atoms with E-state index in [4.69, 9.17) is 0 Å². The number of carbonyl (C=O) groups excluding carboxylic acids is 4. The average Bonchev–Trinajstić information content (AvgIpc) is 2.56. The molecule has 0 radical (unpaired) electrons. The van der Waals surface area contributed by atoms with Gasteiger partial charge in [-0.15, -0.1) is 0 Å². The van der Waals surface area contributed by atoms with E-state index in [0.717, 1.165) is 5.56 Å². The summed E-state index contributed by atoms with van der Waals surface area (Å²) < 4.78 is 4.42. The quantitative estimate of drug-likeness (QED) is 0.551. The van der Waals surface area contributed by atoms with E-state index in [2.05, 4.69) is 10.1 Å². The molecule has 0 heterocycles. The molecule has 0 aliphatic carbocycles. The van der Waals surface area contributed by atoms with Gasteiger partial charge < -0.3 is 10.1 Å². The third kappa shape index (κ3) is 7.35. The van der Waals surface area contributed by atoms with Crippen molar-refractivity contribution < 1.29 is 23.9 Å². The predicted molar refractivity (Wildman–Crippen MR) is 84.0 cm³/mol. The molecule has 23 heavy (non-hydrogen) atoms. The molecule has 0 bridgehead atoms. The van der Waals surface area contributed by atoms with E-state index < -0.39 is 5.97 Å². The lowest BCUT2D eigenvalue weighted by molar-refractivity contribution is -0.141. The summed E-state index contributed by atoms with van der Waals surface area (Å²) in [5, 5.41) is 2.45. The Morgan fingerprint density at radius 2 is 1.61 bits per heavy atom. The van der Waals surface area contributed by atoms with Gasteiger partial charge in [0, 0.05) is 24.8 Å². The number of Topliss-reactive ketones (excluding diaryl/α,β-unsaturated/α-hetero) is 2. The topological polar surface area (TPSA) is 89.5 Å². The molecule has 1 amide bonds. The first kappa shape index (κ1) is 18.5. The average molecular weight is 319 g/mol. The van der Waals surface area contributed by atoms with E-state index in [9.17, 15) is 19.2 Å². The fraction of sp³-hybridized carbons (Fsp3) is 0.412. The van der Waals surface area contributed by atoms with Crippen molar-refractivity contribution in [2.75, 3.05) is 13.7 Å². The molecule has 0 unspecified atom stereocenters. The number of amides is 1. The fourth-order valence-corrected chi connectivity index (χ4v) is 1.83. The van der Waals surface area contributed by atoms with Gasteiger partial charge in [0.1, 0.15) is 0 Å². The van der Waals surface area contributed by atoms with Crippen LogP contribution in [-0.2, 0) is 19.1 Å². The van der Waals surface area contributed by atoms with Crippen molar-refractivity contribution in [3.63, 3.8) is 0 Å². The molecule has 0 aromatic heterocycles. The summed E-state index contributed by atoms with van der Waals surface area (Å²) in [7, 11) is 1.25.